The summed E-state index contributed by atoms with van der Waals surface area (Å²) in [7, 11) is 0. The third-order valence-corrected chi connectivity index (χ3v) is 3.91. The van der Waals surface area contributed by atoms with E-state index in [9.17, 15) is 20.1 Å². The van der Waals surface area contributed by atoms with Crippen molar-refractivity contribution in [1.29, 1.82) is 0 Å². The molecule has 152 valence electrons. The van der Waals surface area contributed by atoms with Crippen LogP contribution in [0.25, 0.3) is 0 Å². The van der Waals surface area contributed by atoms with Gasteiger partial charge >= 0.3 is 5.97 Å². The third kappa shape index (κ3) is 17.1. The van der Waals surface area contributed by atoms with Crippen LogP contribution in [0.3, 0.4) is 0 Å². The van der Waals surface area contributed by atoms with Crippen molar-refractivity contribution in [3.05, 3.63) is 60.4 Å². The molecule has 0 aromatic carbocycles. The second-order valence-electron chi connectivity index (χ2n) is 6.38. The van der Waals surface area contributed by atoms with Crippen molar-refractivity contribution < 1.29 is 25.2 Å². The first-order chi connectivity index (χ1) is 13.0. The van der Waals surface area contributed by atoms with Crippen molar-refractivity contribution in [3.63, 3.8) is 0 Å². The first-order valence-corrected chi connectivity index (χ1v) is 9.63. The number of rotatable bonds is 15. The van der Waals surface area contributed by atoms with Crippen LogP contribution in [0, 0.1) is 0 Å². The molecule has 0 aliphatic heterocycles. The summed E-state index contributed by atoms with van der Waals surface area (Å²) >= 11 is 0. The van der Waals surface area contributed by atoms with E-state index in [2.05, 4.69) is 6.92 Å². The molecule has 0 spiro atoms. The van der Waals surface area contributed by atoms with Crippen molar-refractivity contribution in [3.8, 4) is 0 Å². The molecule has 0 saturated carbocycles. The molecular formula is C22H34O5. The highest BCUT2D eigenvalue weighted by Gasteiger charge is 2.14. The number of carbonyl (C=O) groups is 1. The van der Waals surface area contributed by atoms with Crippen molar-refractivity contribution in [1.82, 2.24) is 0 Å². The van der Waals surface area contributed by atoms with Gasteiger partial charge in [-0.15, -0.1) is 0 Å². The lowest BCUT2D eigenvalue weighted by atomic mass is 10.0. The highest BCUT2D eigenvalue weighted by Crippen LogP contribution is 2.12. The fraction of sp³-hybridized carbons (Fsp3) is 0.500. The van der Waals surface area contributed by atoms with Crippen molar-refractivity contribution in [2.45, 2.75) is 70.5 Å². The molecule has 4 N–H and O–H groups in total. The van der Waals surface area contributed by atoms with Crippen molar-refractivity contribution in [2.24, 2.45) is 0 Å². The topological polar surface area (TPSA) is 98.0 Å². The molecule has 0 bridgehead atoms. The van der Waals surface area contributed by atoms with Crippen LogP contribution in [0.4, 0.5) is 0 Å². The van der Waals surface area contributed by atoms with Crippen LogP contribution < -0.4 is 0 Å². The Morgan fingerprint density at radius 2 is 1.44 bits per heavy atom. The molecule has 5 heteroatoms. The number of aliphatic hydroxyl groups excluding tert-OH is 3. The Bertz CT molecular complexity index is 529. The molecule has 0 aromatic rings. The molecule has 27 heavy (non-hydrogen) atoms. The van der Waals surface area contributed by atoms with E-state index in [0.717, 1.165) is 44.6 Å². The number of aliphatic carboxylic acids is 1. The lowest BCUT2D eigenvalue weighted by Gasteiger charge is -2.17. The summed E-state index contributed by atoms with van der Waals surface area (Å²) in [5.41, 5.74) is 0. The fourth-order valence-corrected chi connectivity index (χ4v) is 2.34. The van der Waals surface area contributed by atoms with Gasteiger partial charge in [0.1, 0.15) is 5.76 Å². The van der Waals surface area contributed by atoms with Gasteiger partial charge in [0.15, 0.2) is 0 Å². The third-order valence-electron chi connectivity index (χ3n) is 3.91. The number of hydrogen-bond acceptors (Lipinski definition) is 4. The Labute approximate surface area is 162 Å². The normalized spacial score (nSPS) is 15.4. The van der Waals surface area contributed by atoms with Crippen LogP contribution in [0.15, 0.2) is 60.4 Å². The van der Waals surface area contributed by atoms with E-state index in [4.69, 9.17) is 5.11 Å². The predicted octanol–water partition coefficient (Wildman–Crippen LogP) is 4.60. The number of carboxylic acids is 1. The van der Waals surface area contributed by atoms with Gasteiger partial charge < -0.3 is 20.4 Å². The Balaban J connectivity index is 3.87. The average molecular weight is 379 g/mol. The summed E-state index contributed by atoms with van der Waals surface area (Å²) in [6.45, 7) is 2.11. The molecule has 5 nitrogen and oxygen atoms in total. The second kappa shape index (κ2) is 17.3. The largest absolute Gasteiger partial charge is 0.508 e. The number of hydrogen-bond donors (Lipinski definition) is 4. The van der Waals surface area contributed by atoms with Crippen molar-refractivity contribution >= 4 is 5.97 Å². The first-order valence-electron chi connectivity index (χ1n) is 9.63. The maximum absolute atomic E-state index is 10.2. The zero-order valence-corrected chi connectivity index (χ0v) is 16.2. The molecule has 0 aromatic heterocycles. The molecular weight excluding hydrogens is 344 g/mol. The molecule has 0 saturated heterocycles. The van der Waals surface area contributed by atoms with E-state index in [1.165, 1.54) is 24.3 Å². The highest BCUT2D eigenvalue weighted by molar-refractivity contribution is 5.80. The zero-order chi connectivity index (χ0) is 20.3. The van der Waals surface area contributed by atoms with Gasteiger partial charge in [0.2, 0.25) is 0 Å². The van der Waals surface area contributed by atoms with E-state index in [1.807, 2.05) is 12.2 Å². The summed E-state index contributed by atoms with van der Waals surface area (Å²) in [5, 5.41) is 37.7. The van der Waals surface area contributed by atoms with Gasteiger partial charge in [-0.25, -0.2) is 4.79 Å². The lowest BCUT2D eigenvalue weighted by molar-refractivity contribution is -0.131. The summed E-state index contributed by atoms with van der Waals surface area (Å²) in [4.78, 5) is 10.2. The maximum atomic E-state index is 10.2. The molecule has 0 amide bonds. The fourth-order valence-electron chi connectivity index (χ4n) is 2.34. The van der Waals surface area contributed by atoms with Crippen LogP contribution >= 0.6 is 0 Å². The van der Waals surface area contributed by atoms with Gasteiger partial charge in [-0.05, 0) is 37.8 Å². The summed E-state index contributed by atoms with van der Waals surface area (Å²) in [6.07, 6.45) is 19.8. The number of unbranched alkanes of at least 4 members (excludes halogenated alkanes) is 4. The monoisotopic (exact) mass is 378 g/mol. The van der Waals surface area contributed by atoms with E-state index in [-0.39, 0.29) is 5.76 Å². The summed E-state index contributed by atoms with van der Waals surface area (Å²) in [6, 6.07) is 0. The van der Waals surface area contributed by atoms with Crippen LogP contribution in [-0.2, 0) is 4.79 Å². The van der Waals surface area contributed by atoms with Crippen LogP contribution in [0.1, 0.15) is 58.3 Å². The van der Waals surface area contributed by atoms with Crippen LogP contribution in [-0.4, -0.2) is 38.6 Å². The Morgan fingerprint density at radius 1 is 0.815 bits per heavy atom. The van der Waals surface area contributed by atoms with E-state index >= 15 is 0 Å². The predicted molar refractivity (Wildman–Crippen MR) is 110 cm³/mol. The van der Waals surface area contributed by atoms with Gasteiger partial charge in [0.05, 0.1) is 12.2 Å². The molecule has 0 aliphatic carbocycles. The van der Waals surface area contributed by atoms with E-state index in [0.29, 0.717) is 12.8 Å². The molecule has 0 radical (unpaired) electrons. The molecule has 0 aliphatic rings. The average Bonchev–Trinajstić information content (AvgIpc) is 2.63. The van der Waals surface area contributed by atoms with Gasteiger partial charge in [-0.3, -0.25) is 0 Å². The lowest BCUT2D eigenvalue weighted by Crippen LogP contribution is -2.25. The minimum absolute atomic E-state index is 0.0693. The number of carboxylic acid groups (broad SMARTS) is 1. The Hall–Kier alpha value is -2.11. The quantitative estimate of drug-likeness (QED) is 0.144. The summed E-state index contributed by atoms with van der Waals surface area (Å²) in [5.74, 6) is -0.949. The van der Waals surface area contributed by atoms with Gasteiger partial charge in [0.25, 0.3) is 0 Å². The molecule has 2 unspecified atom stereocenters. The van der Waals surface area contributed by atoms with Gasteiger partial charge in [-0.2, -0.15) is 0 Å². The van der Waals surface area contributed by atoms with E-state index < -0.39 is 18.2 Å². The first kappa shape index (κ1) is 24.9. The van der Waals surface area contributed by atoms with Gasteiger partial charge in [-0.1, -0.05) is 69.1 Å². The SMILES string of the molecule is CCCCCC(O)C(O)CCCC/C=C/C=C/C(O)=C/C=C/C=C/C(=O)O. The smallest absolute Gasteiger partial charge is 0.328 e. The molecule has 0 heterocycles. The number of allylic oxidation sites excluding steroid dienone is 8. The highest BCUT2D eigenvalue weighted by atomic mass is 16.4. The zero-order valence-electron chi connectivity index (χ0n) is 16.2. The molecule has 0 fully saturated rings. The number of aliphatic hydroxyl groups is 3. The minimum atomic E-state index is -1.02. The molecule has 0 rings (SSSR count). The standard InChI is InChI=1S/C22H34O5/c1-2-3-9-16-20(24)21(25)17-12-7-5-4-6-10-14-19(23)15-11-8-13-18-22(26)27/h4,6,8,10-11,13-15,18,20-21,23-25H,2-3,5,7,9,12,16-17H2,1H3,(H,26,27)/b6-4+,11-8+,14-10+,18-13+,19-15-. The molecule has 2 atom stereocenters. The Kier molecular flexibility index (Phi) is 16.0. The summed E-state index contributed by atoms with van der Waals surface area (Å²) < 4.78 is 0. The van der Waals surface area contributed by atoms with Crippen molar-refractivity contribution in [2.75, 3.05) is 0 Å². The maximum Gasteiger partial charge on any atom is 0.328 e. The van der Waals surface area contributed by atoms with Gasteiger partial charge in [0, 0.05) is 6.08 Å². The minimum Gasteiger partial charge on any atom is -0.508 e. The second-order valence-corrected chi connectivity index (χ2v) is 6.38. The van der Waals surface area contributed by atoms with Crippen LogP contribution in [0.5, 0.6) is 0 Å². The van der Waals surface area contributed by atoms with E-state index in [1.54, 1.807) is 12.2 Å². The Morgan fingerprint density at radius 3 is 2.07 bits per heavy atom. The van der Waals surface area contributed by atoms with Crippen LogP contribution in [0.2, 0.25) is 0 Å².